The zero-order chi connectivity index (χ0) is 10.3. The number of fused-ring (bicyclic) bond motifs is 1. The molecule has 0 amide bonds. The minimum Gasteiger partial charge on any atom is -0.461 e. The molecule has 0 saturated heterocycles. The Balaban J connectivity index is 2.22. The Morgan fingerprint density at radius 3 is 2.93 bits per heavy atom. The third-order valence-electron chi connectivity index (χ3n) is 2.12. The van der Waals surface area contributed by atoms with Gasteiger partial charge in [-0.2, -0.15) is 0 Å². The number of aromatic amines is 1. The smallest absolute Gasteiger partial charge is 0.180 e. The van der Waals surface area contributed by atoms with E-state index >= 15 is 0 Å². The first-order chi connectivity index (χ1) is 7.33. The van der Waals surface area contributed by atoms with Crippen LogP contribution in [0.1, 0.15) is 0 Å². The molecule has 5 nitrogen and oxygen atoms in total. The zero-order valence-corrected chi connectivity index (χ0v) is 7.77. The van der Waals surface area contributed by atoms with Gasteiger partial charge in [0.05, 0.1) is 11.8 Å². The lowest BCUT2D eigenvalue weighted by atomic mass is 10.4. The summed E-state index contributed by atoms with van der Waals surface area (Å²) >= 11 is 0. The van der Waals surface area contributed by atoms with Gasteiger partial charge in [0, 0.05) is 0 Å². The van der Waals surface area contributed by atoms with Crippen LogP contribution in [0.3, 0.4) is 0 Å². The van der Waals surface area contributed by atoms with E-state index in [2.05, 4.69) is 15.0 Å². The van der Waals surface area contributed by atoms with Crippen LogP contribution in [0.2, 0.25) is 0 Å². The van der Waals surface area contributed by atoms with Crippen molar-refractivity contribution in [3.05, 3.63) is 30.5 Å². The maximum absolute atomic E-state index is 5.56. The maximum Gasteiger partial charge on any atom is 0.180 e. The predicted molar refractivity (Wildman–Crippen MR) is 56.0 cm³/mol. The van der Waals surface area contributed by atoms with Crippen LogP contribution in [0.15, 0.2) is 34.9 Å². The van der Waals surface area contributed by atoms with Gasteiger partial charge < -0.3 is 15.1 Å². The molecule has 15 heavy (non-hydrogen) atoms. The molecule has 0 aliphatic carbocycles. The Kier molecular flexibility index (Phi) is 1.53. The van der Waals surface area contributed by atoms with Crippen LogP contribution in [0.4, 0.5) is 5.82 Å². The quantitative estimate of drug-likeness (QED) is 0.627. The molecule has 0 aliphatic heterocycles. The number of anilines is 1. The van der Waals surface area contributed by atoms with E-state index in [1.807, 2.05) is 18.2 Å². The molecule has 5 heteroatoms. The number of nitrogens with one attached hydrogen (secondary N) is 1. The molecule has 0 aliphatic rings. The molecule has 0 aromatic carbocycles. The van der Waals surface area contributed by atoms with Gasteiger partial charge in [-0.05, 0) is 24.3 Å². The van der Waals surface area contributed by atoms with Crippen LogP contribution in [0.5, 0.6) is 0 Å². The van der Waals surface area contributed by atoms with Crippen molar-refractivity contribution in [2.75, 3.05) is 5.73 Å². The summed E-state index contributed by atoms with van der Waals surface area (Å²) in [6, 6.07) is 7.22. The lowest BCUT2D eigenvalue weighted by Crippen LogP contribution is -1.88. The van der Waals surface area contributed by atoms with Crippen molar-refractivity contribution in [1.82, 2.24) is 15.0 Å². The highest BCUT2D eigenvalue weighted by Gasteiger charge is 2.07. The fourth-order valence-corrected chi connectivity index (χ4v) is 1.44. The molecule has 0 spiro atoms. The van der Waals surface area contributed by atoms with Crippen molar-refractivity contribution in [3.63, 3.8) is 0 Å². The molecule has 0 fully saturated rings. The molecule has 3 aromatic heterocycles. The van der Waals surface area contributed by atoms with Gasteiger partial charge in [-0.25, -0.2) is 9.97 Å². The second-order valence-electron chi connectivity index (χ2n) is 3.17. The van der Waals surface area contributed by atoms with Crippen molar-refractivity contribution in [3.8, 4) is 11.6 Å². The number of nitrogens with zero attached hydrogens (tertiary/aromatic N) is 2. The lowest BCUT2D eigenvalue weighted by Gasteiger charge is -1.88. The first-order valence-electron chi connectivity index (χ1n) is 4.49. The van der Waals surface area contributed by atoms with Crippen molar-refractivity contribution >= 4 is 17.0 Å². The van der Waals surface area contributed by atoms with Gasteiger partial charge in [0.25, 0.3) is 0 Å². The molecule has 3 rings (SSSR count). The molecule has 0 unspecified atom stereocenters. The van der Waals surface area contributed by atoms with Crippen LogP contribution in [0.25, 0.3) is 22.7 Å². The van der Waals surface area contributed by atoms with Gasteiger partial charge in [0.1, 0.15) is 5.82 Å². The molecule has 3 N–H and O–H groups in total. The van der Waals surface area contributed by atoms with Crippen molar-refractivity contribution in [1.29, 1.82) is 0 Å². The summed E-state index contributed by atoms with van der Waals surface area (Å²) in [6.07, 6.45) is 1.60. The largest absolute Gasteiger partial charge is 0.461 e. The third-order valence-corrected chi connectivity index (χ3v) is 2.12. The molecule has 0 radical (unpaired) electrons. The number of pyridine rings is 1. The van der Waals surface area contributed by atoms with Crippen molar-refractivity contribution in [2.45, 2.75) is 0 Å². The number of hydrogen-bond acceptors (Lipinski definition) is 4. The van der Waals surface area contributed by atoms with E-state index in [4.69, 9.17) is 10.2 Å². The second-order valence-corrected chi connectivity index (χ2v) is 3.17. The van der Waals surface area contributed by atoms with Gasteiger partial charge in [0.15, 0.2) is 17.2 Å². The van der Waals surface area contributed by atoms with Crippen molar-refractivity contribution in [2.24, 2.45) is 0 Å². The molecule has 3 heterocycles. The zero-order valence-electron chi connectivity index (χ0n) is 7.77. The molecule has 0 atom stereocenters. The Morgan fingerprint density at radius 1 is 1.20 bits per heavy atom. The number of H-pyrrole nitrogens is 1. The minimum atomic E-state index is 0.458. The highest BCUT2D eigenvalue weighted by molar-refractivity contribution is 5.76. The molecule has 0 bridgehead atoms. The van der Waals surface area contributed by atoms with E-state index in [0.717, 1.165) is 5.52 Å². The summed E-state index contributed by atoms with van der Waals surface area (Å²) in [5, 5.41) is 0. The van der Waals surface area contributed by atoms with Gasteiger partial charge in [0.2, 0.25) is 0 Å². The number of rotatable bonds is 1. The Hall–Kier alpha value is -2.30. The Labute approximate surface area is 85.0 Å². The minimum absolute atomic E-state index is 0.458. The van der Waals surface area contributed by atoms with Crippen molar-refractivity contribution < 1.29 is 4.42 Å². The fourth-order valence-electron chi connectivity index (χ4n) is 1.44. The van der Waals surface area contributed by atoms with Crippen LogP contribution in [-0.4, -0.2) is 15.0 Å². The maximum atomic E-state index is 5.56. The summed E-state index contributed by atoms with van der Waals surface area (Å²) in [5.74, 6) is 1.81. The number of imidazole rings is 1. The van der Waals surface area contributed by atoms with Crippen LogP contribution in [-0.2, 0) is 0 Å². The van der Waals surface area contributed by atoms with E-state index in [9.17, 15) is 0 Å². The normalized spacial score (nSPS) is 10.9. The van der Waals surface area contributed by atoms with E-state index in [-0.39, 0.29) is 0 Å². The van der Waals surface area contributed by atoms with Crippen LogP contribution in [0, 0.1) is 0 Å². The molecular formula is C10H8N4O. The highest BCUT2D eigenvalue weighted by Crippen LogP contribution is 2.19. The van der Waals surface area contributed by atoms with Gasteiger partial charge >= 0.3 is 0 Å². The average Bonchev–Trinajstić information content (AvgIpc) is 2.84. The highest BCUT2D eigenvalue weighted by atomic mass is 16.3. The molecule has 3 aromatic rings. The number of furan rings is 1. The summed E-state index contributed by atoms with van der Waals surface area (Å²) in [5.41, 5.74) is 7.01. The van der Waals surface area contributed by atoms with Crippen LogP contribution < -0.4 is 5.73 Å². The number of nitrogen functional groups attached to an aromatic ring is 1. The van der Waals surface area contributed by atoms with Crippen LogP contribution >= 0.6 is 0 Å². The standard InChI is InChI=1S/C10H8N4O/c11-8-4-3-6-9(13-8)14-10(12-6)7-2-1-5-15-7/h1-5H,(H3,11,12,13,14). The summed E-state index contributed by atoms with van der Waals surface area (Å²) in [4.78, 5) is 11.5. The Bertz CT molecular complexity index is 597. The number of aromatic nitrogens is 3. The van der Waals surface area contributed by atoms with Gasteiger partial charge in [-0.1, -0.05) is 0 Å². The van der Waals surface area contributed by atoms with E-state index in [1.54, 1.807) is 12.3 Å². The van der Waals surface area contributed by atoms with E-state index in [1.165, 1.54) is 0 Å². The number of nitrogens with two attached hydrogens (primary N) is 1. The average molecular weight is 200 g/mol. The summed E-state index contributed by atoms with van der Waals surface area (Å²) in [6.45, 7) is 0. The van der Waals surface area contributed by atoms with Gasteiger partial charge in [-0.15, -0.1) is 0 Å². The van der Waals surface area contributed by atoms with E-state index < -0.39 is 0 Å². The monoisotopic (exact) mass is 200 g/mol. The third kappa shape index (κ3) is 1.25. The molecular weight excluding hydrogens is 192 g/mol. The van der Waals surface area contributed by atoms with E-state index in [0.29, 0.717) is 23.0 Å². The topological polar surface area (TPSA) is 80.7 Å². The second kappa shape index (κ2) is 2.84. The molecule has 0 saturated carbocycles. The summed E-state index contributed by atoms with van der Waals surface area (Å²) in [7, 11) is 0. The summed E-state index contributed by atoms with van der Waals surface area (Å²) < 4.78 is 5.23. The Morgan fingerprint density at radius 2 is 2.13 bits per heavy atom. The number of hydrogen-bond donors (Lipinski definition) is 2. The SMILES string of the molecule is Nc1ccc2[nH]c(-c3ccco3)nc2n1. The first-order valence-corrected chi connectivity index (χ1v) is 4.49. The fraction of sp³-hybridized carbons (Fsp3) is 0. The van der Waals surface area contributed by atoms with Gasteiger partial charge in [-0.3, -0.25) is 0 Å². The first kappa shape index (κ1) is 8.05. The predicted octanol–water partition coefficient (Wildman–Crippen LogP) is 1.80. The molecule has 74 valence electrons. The lowest BCUT2D eigenvalue weighted by molar-refractivity contribution is 0.578.